The standard InChI is InChI=1S/CHBO4.Co/c3-1(4)2(5)6;/h(H,3,4);/q-2;+2. The van der Waals surface area contributed by atoms with E-state index in [1.165, 1.54) is 0 Å². The van der Waals surface area contributed by atoms with Gasteiger partial charge < -0.3 is 15.2 Å². The zero-order valence-electron chi connectivity index (χ0n) is 3.08. The van der Waals surface area contributed by atoms with Crippen LogP contribution in [0.4, 0.5) is 4.79 Å². The van der Waals surface area contributed by atoms with Crippen LogP contribution in [0.5, 0.6) is 0 Å². The quantitative estimate of drug-likeness (QED) is 0.413. The molecule has 1 radical (unpaired) electrons. The van der Waals surface area contributed by atoms with Crippen molar-refractivity contribution in [3.05, 3.63) is 0 Å². The van der Waals surface area contributed by atoms with E-state index in [4.69, 9.17) is 19.9 Å². The summed E-state index contributed by atoms with van der Waals surface area (Å²) in [6, 6.07) is 0. The van der Waals surface area contributed by atoms with Gasteiger partial charge in [0.15, 0.2) is 0 Å². The molecule has 0 aliphatic heterocycles. The maximum Gasteiger partial charge on any atom is 2.00 e. The fourth-order valence-electron chi connectivity index (χ4n) is 0. The average molecular weight is 147 g/mol. The maximum atomic E-state index is 9.07. The summed E-state index contributed by atoms with van der Waals surface area (Å²) in [5.41, 5.74) is 0. The molecule has 0 aliphatic rings. The molecular formula is CHBCoO4. The first-order valence-electron chi connectivity index (χ1n) is 1.19. The van der Waals surface area contributed by atoms with Crippen molar-refractivity contribution in [1.82, 2.24) is 0 Å². The van der Waals surface area contributed by atoms with Crippen LogP contribution in [0.1, 0.15) is 0 Å². The van der Waals surface area contributed by atoms with E-state index in [1.807, 2.05) is 0 Å². The summed E-state index contributed by atoms with van der Waals surface area (Å²) < 4.78 is 0. The molecule has 1 N–H and O–H groups in total. The first-order chi connectivity index (χ1) is 2.64. The van der Waals surface area contributed by atoms with Gasteiger partial charge in [-0.2, -0.15) is 0 Å². The van der Waals surface area contributed by atoms with Gasteiger partial charge in [0.1, 0.15) is 0 Å². The average Bonchev–Trinajstić information content (AvgIpc) is 1.36. The summed E-state index contributed by atoms with van der Waals surface area (Å²) in [4.78, 5) is 9.07. The van der Waals surface area contributed by atoms with Gasteiger partial charge in [0.05, 0.1) is 0 Å². The second kappa shape index (κ2) is 4.13. The van der Waals surface area contributed by atoms with Crippen LogP contribution in [0.3, 0.4) is 0 Å². The molecule has 0 rings (SSSR count). The molecule has 0 heterocycles. The number of carboxylic acid groups (broad SMARTS) is 1. The zero-order chi connectivity index (χ0) is 5.15. The van der Waals surface area contributed by atoms with Crippen molar-refractivity contribution >= 4 is 13.0 Å². The van der Waals surface area contributed by atoms with E-state index in [9.17, 15) is 0 Å². The molecule has 0 aromatic carbocycles. The van der Waals surface area contributed by atoms with Crippen molar-refractivity contribution in [1.29, 1.82) is 0 Å². The number of hydrogen-bond acceptors (Lipinski definition) is 3. The van der Waals surface area contributed by atoms with E-state index in [0.717, 1.165) is 0 Å². The molecule has 0 unspecified atom stereocenters. The molecule has 0 aliphatic carbocycles. The molecular weight excluding hydrogens is 146 g/mol. The molecule has 0 amide bonds. The third kappa shape index (κ3) is 5.96. The van der Waals surface area contributed by atoms with Gasteiger partial charge in [-0.05, 0) is 0 Å². The molecule has 0 aromatic heterocycles. The monoisotopic (exact) mass is 147 g/mol. The first kappa shape index (κ1) is 10.1. The Bertz CT molecular complexity index is 62.7. The first-order valence-corrected chi connectivity index (χ1v) is 1.19. The van der Waals surface area contributed by atoms with Crippen LogP contribution in [-0.4, -0.2) is 18.1 Å². The van der Waals surface area contributed by atoms with Crippen LogP contribution >= 0.6 is 0 Å². The summed E-state index contributed by atoms with van der Waals surface area (Å²) in [5.74, 6) is -1.85. The van der Waals surface area contributed by atoms with Crippen LogP contribution in [0, 0.1) is 0 Å². The Hall–Kier alpha value is -0.0386. The molecule has 6 heteroatoms. The minimum absolute atomic E-state index is 0. The largest absolute Gasteiger partial charge is 2.00 e. The fraction of sp³-hybridized carbons (Fsp3) is 0. The molecule has 0 saturated heterocycles. The van der Waals surface area contributed by atoms with Gasteiger partial charge in [-0.15, -0.1) is 0 Å². The molecule has 0 bridgehead atoms. The van der Waals surface area contributed by atoms with Gasteiger partial charge >= 0.3 is 16.8 Å². The summed E-state index contributed by atoms with van der Waals surface area (Å²) in [5, 5.41) is 25.5. The summed E-state index contributed by atoms with van der Waals surface area (Å²) in [7, 11) is -2.73. The van der Waals surface area contributed by atoms with Crippen molar-refractivity contribution in [2.45, 2.75) is 0 Å². The Labute approximate surface area is 50.5 Å². The Morgan fingerprint density at radius 2 is 1.71 bits per heavy atom. The van der Waals surface area contributed by atoms with E-state index < -0.39 is 13.0 Å². The summed E-state index contributed by atoms with van der Waals surface area (Å²) in [6.45, 7) is 0. The number of carbonyl (C=O) groups is 1. The molecule has 4 nitrogen and oxygen atoms in total. The summed E-state index contributed by atoms with van der Waals surface area (Å²) in [6.07, 6.45) is 0. The Morgan fingerprint density at radius 3 is 1.71 bits per heavy atom. The molecule has 41 valence electrons. The minimum Gasteiger partial charge on any atom is -0.885 e. The van der Waals surface area contributed by atoms with Crippen LogP contribution in [0.15, 0.2) is 0 Å². The van der Waals surface area contributed by atoms with Crippen molar-refractivity contribution in [2.75, 3.05) is 0 Å². The van der Waals surface area contributed by atoms with Gasteiger partial charge in [-0.3, -0.25) is 4.79 Å². The van der Waals surface area contributed by atoms with Gasteiger partial charge in [0.2, 0.25) is 5.87 Å². The number of rotatable bonds is 1. The molecule has 0 fully saturated rings. The second-order valence-electron chi connectivity index (χ2n) is 0.670. The fourth-order valence-corrected chi connectivity index (χ4v) is 0. The molecule has 7 heavy (non-hydrogen) atoms. The van der Waals surface area contributed by atoms with Gasteiger partial charge in [-0.25, -0.2) is 0 Å². The topological polar surface area (TPSA) is 83.4 Å². The van der Waals surface area contributed by atoms with Crippen molar-refractivity contribution in [3.8, 4) is 0 Å². The molecule has 0 saturated carbocycles. The van der Waals surface area contributed by atoms with Crippen molar-refractivity contribution < 1.29 is 36.7 Å². The van der Waals surface area contributed by atoms with Crippen LogP contribution in [-0.2, 0) is 16.8 Å². The molecule has 0 aromatic rings. The van der Waals surface area contributed by atoms with E-state index in [-0.39, 0.29) is 16.8 Å². The Morgan fingerprint density at radius 1 is 1.57 bits per heavy atom. The third-order valence-corrected chi connectivity index (χ3v) is 0.202. The second-order valence-corrected chi connectivity index (χ2v) is 0.670. The van der Waals surface area contributed by atoms with E-state index >= 15 is 0 Å². The predicted molar refractivity (Wildman–Crippen MR) is 13.8 cm³/mol. The van der Waals surface area contributed by atoms with E-state index in [0.29, 0.717) is 0 Å². The van der Waals surface area contributed by atoms with Crippen LogP contribution in [0.2, 0.25) is 0 Å². The SMILES string of the molecule is O=C(O)B([O-])[O-].[Co+2]. The Kier molecular flexibility index (Phi) is 5.93. The van der Waals surface area contributed by atoms with E-state index in [1.54, 1.807) is 0 Å². The van der Waals surface area contributed by atoms with Gasteiger partial charge in [-0.1, -0.05) is 0 Å². The molecule has 0 atom stereocenters. The van der Waals surface area contributed by atoms with Crippen molar-refractivity contribution in [3.63, 3.8) is 0 Å². The third-order valence-electron chi connectivity index (χ3n) is 0.202. The Balaban J connectivity index is 0. The normalized spacial score (nSPS) is 6.57. The summed E-state index contributed by atoms with van der Waals surface area (Å²) >= 11 is 0. The van der Waals surface area contributed by atoms with Gasteiger partial charge in [0.25, 0.3) is 0 Å². The smallest absolute Gasteiger partial charge is 0.885 e. The molecule has 0 spiro atoms. The van der Waals surface area contributed by atoms with E-state index in [2.05, 4.69) is 0 Å². The van der Waals surface area contributed by atoms with Crippen LogP contribution < -0.4 is 10.0 Å². The van der Waals surface area contributed by atoms with Crippen molar-refractivity contribution in [2.24, 2.45) is 0 Å². The zero-order valence-corrected chi connectivity index (χ0v) is 4.12. The van der Waals surface area contributed by atoms with Crippen LogP contribution in [0.25, 0.3) is 0 Å². The van der Waals surface area contributed by atoms with Gasteiger partial charge in [0, 0.05) is 7.12 Å². The number of hydrogen-bond donors (Lipinski definition) is 1. The minimum atomic E-state index is -2.73. The predicted octanol–water partition coefficient (Wildman–Crippen LogP) is -2.55. The maximum absolute atomic E-state index is 9.07.